The minimum Gasteiger partial charge on any atom is -0.319 e. The molecule has 126 valence electrons. The Morgan fingerprint density at radius 1 is 1.43 bits per heavy atom. The molecule has 0 aliphatic carbocycles. The number of rotatable bonds is 4. The zero-order valence-corrected chi connectivity index (χ0v) is 13.2. The first-order chi connectivity index (χ1) is 10.7. The van der Waals surface area contributed by atoms with Crippen molar-refractivity contribution in [2.45, 2.75) is 17.5 Å². The van der Waals surface area contributed by atoms with Crippen molar-refractivity contribution in [3.8, 4) is 6.07 Å². The predicted molar refractivity (Wildman–Crippen MR) is 77.0 cm³/mol. The minimum absolute atomic E-state index is 0.166. The van der Waals surface area contributed by atoms with E-state index in [2.05, 4.69) is 5.32 Å². The van der Waals surface area contributed by atoms with Crippen LogP contribution in [0.3, 0.4) is 0 Å². The Morgan fingerprint density at radius 2 is 2.13 bits per heavy atom. The van der Waals surface area contributed by atoms with Gasteiger partial charge in [0.1, 0.15) is 0 Å². The summed E-state index contributed by atoms with van der Waals surface area (Å²) in [4.78, 5) is -0.285. The summed E-state index contributed by atoms with van der Waals surface area (Å²) < 4.78 is 64.7. The predicted octanol–water partition coefficient (Wildman–Crippen LogP) is 1.81. The lowest BCUT2D eigenvalue weighted by Crippen LogP contribution is -2.30. The van der Waals surface area contributed by atoms with Crippen molar-refractivity contribution in [1.82, 2.24) is 9.62 Å². The van der Waals surface area contributed by atoms with Gasteiger partial charge in [0.15, 0.2) is 0 Å². The molecule has 1 fully saturated rings. The number of alkyl halides is 3. The molecule has 1 saturated heterocycles. The lowest BCUT2D eigenvalue weighted by molar-refractivity contribution is -0.137. The average Bonchev–Trinajstić information content (AvgIpc) is 2.95. The van der Waals surface area contributed by atoms with E-state index in [4.69, 9.17) is 5.26 Å². The van der Waals surface area contributed by atoms with Crippen LogP contribution in [0.2, 0.25) is 0 Å². The van der Waals surface area contributed by atoms with Crippen LogP contribution in [0.15, 0.2) is 23.1 Å². The molecule has 1 N–H and O–H groups in total. The molecule has 0 aromatic heterocycles. The summed E-state index contributed by atoms with van der Waals surface area (Å²) in [6, 6.07) is 3.77. The Hall–Kier alpha value is -1.63. The Bertz CT molecular complexity index is 726. The molecule has 1 aromatic carbocycles. The molecule has 1 atom stereocenters. The van der Waals surface area contributed by atoms with Gasteiger partial charge in [-0.15, -0.1) is 0 Å². The van der Waals surface area contributed by atoms with Crippen molar-refractivity contribution >= 4 is 10.0 Å². The van der Waals surface area contributed by atoms with Gasteiger partial charge in [0.2, 0.25) is 10.0 Å². The summed E-state index contributed by atoms with van der Waals surface area (Å²) in [5.41, 5.74) is -1.82. The standard InChI is InChI=1S/C14H16F3N3O2S/c1-19-8-10-4-5-20(9-10)23(21,22)12-2-3-13(14(15,16)17)11(6-12)7-18/h2-3,6,10,19H,4-5,8-9H2,1H3. The molecule has 0 saturated carbocycles. The third kappa shape index (κ3) is 3.65. The molecule has 0 radical (unpaired) electrons. The lowest BCUT2D eigenvalue weighted by Gasteiger charge is -2.18. The van der Waals surface area contributed by atoms with E-state index >= 15 is 0 Å². The molecule has 0 bridgehead atoms. The molecule has 2 rings (SSSR count). The van der Waals surface area contributed by atoms with Crippen LogP contribution in [-0.2, 0) is 16.2 Å². The number of nitrogens with one attached hydrogen (secondary N) is 1. The minimum atomic E-state index is -4.70. The van der Waals surface area contributed by atoms with Crippen LogP contribution in [0.25, 0.3) is 0 Å². The van der Waals surface area contributed by atoms with E-state index in [0.29, 0.717) is 32.1 Å². The van der Waals surface area contributed by atoms with Crippen LogP contribution in [0, 0.1) is 17.2 Å². The van der Waals surface area contributed by atoms with Gasteiger partial charge in [-0.3, -0.25) is 0 Å². The fourth-order valence-electron chi connectivity index (χ4n) is 2.64. The summed E-state index contributed by atoms with van der Waals surface area (Å²) in [5.74, 6) is 0.166. The van der Waals surface area contributed by atoms with E-state index in [-0.39, 0.29) is 10.8 Å². The van der Waals surface area contributed by atoms with Crippen molar-refractivity contribution < 1.29 is 21.6 Å². The van der Waals surface area contributed by atoms with E-state index in [1.807, 2.05) is 0 Å². The third-order valence-corrected chi connectivity index (χ3v) is 5.66. The zero-order valence-electron chi connectivity index (χ0n) is 12.4. The van der Waals surface area contributed by atoms with E-state index in [9.17, 15) is 21.6 Å². The highest BCUT2D eigenvalue weighted by molar-refractivity contribution is 7.89. The first kappa shape index (κ1) is 17.7. The molecule has 0 spiro atoms. The summed E-state index contributed by atoms with van der Waals surface area (Å²) in [6.45, 7) is 1.30. The van der Waals surface area contributed by atoms with Gasteiger partial charge in [-0.2, -0.15) is 22.7 Å². The van der Waals surface area contributed by atoms with Gasteiger partial charge < -0.3 is 5.32 Å². The molecule has 1 unspecified atom stereocenters. The maximum atomic E-state index is 12.8. The van der Waals surface area contributed by atoms with Gasteiger partial charge in [0.05, 0.1) is 22.1 Å². The number of nitrogens with zero attached hydrogens (tertiary/aromatic N) is 2. The Morgan fingerprint density at radius 3 is 2.70 bits per heavy atom. The topological polar surface area (TPSA) is 73.2 Å². The van der Waals surface area contributed by atoms with Gasteiger partial charge in [-0.05, 0) is 44.1 Å². The SMILES string of the molecule is CNCC1CCN(S(=O)(=O)c2ccc(C(F)(F)F)c(C#N)c2)C1. The first-order valence-electron chi connectivity index (χ1n) is 6.96. The Balaban J connectivity index is 2.33. The van der Waals surface area contributed by atoms with Crippen molar-refractivity contribution in [3.05, 3.63) is 29.3 Å². The molecule has 5 nitrogen and oxygen atoms in total. The normalized spacial score (nSPS) is 19.7. The van der Waals surface area contributed by atoms with Crippen LogP contribution in [0.1, 0.15) is 17.5 Å². The number of nitriles is 1. The van der Waals surface area contributed by atoms with Gasteiger partial charge in [0, 0.05) is 13.1 Å². The first-order valence-corrected chi connectivity index (χ1v) is 8.40. The quantitative estimate of drug-likeness (QED) is 0.901. The Kier molecular flexibility index (Phi) is 4.98. The lowest BCUT2D eigenvalue weighted by atomic mass is 10.1. The fourth-order valence-corrected chi connectivity index (χ4v) is 4.20. The average molecular weight is 347 g/mol. The van der Waals surface area contributed by atoms with Crippen molar-refractivity contribution in [1.29, 1.82) is 5.26 Å². The molecular formula is C14H16F3N3O2S. The van der Waals surface area contributed by atoms with Crippen LogP contribution < -0.4 is 5.32 Å². The fraction of sp³-hybridized carbons (Fsp3) is 0.500. The van der Waals surface area contributed by atoms with Crippen LogP contribution >= 0.6 is 0 Å². The highest BCUT2D eigenvalue weighted by Crippen LogP contribution is 2.33. The largest absolute Gasteiger partial charge is 0.417 e. The van der Waals surface area contributed by atoms with Gasteiger partial charge >= 0.3 is 6.18 Å². The van der Waals surface area contributed by atoms with Crippen LogP contribution in [-0.4, -0.2) is 39.4 Å². The van der Waals surface area contributed by atoms with Crippen LogP contribution in [0.4, 0.5) is 13.2 Å². The van der Waals surface area contributed by atoms with Crippen molar-refractivity contribution in [2.24, 2.45) is 5.92 Å². The summed E-state index contributed by atoms with van der Waals surface area (Å²) in [6.07, 6.45) is -4.01. The number of halogens is 3. The van der Waals surface area contributed by atoms with E-state index < -0.39 is 27.3 Å². The second kappa shape index (κ2) is 6.47. The summed E-state index contributed by atoms with van der Waals surface area (Å²) in [5, 5.41) is 11.9. The summed E-state index contributed by atoms with van der Waals surface area (Å²) in [7, 11) is -2.13. The molecule has 1 aliphatic rings. The van der Waals surface area contributed by atoms with Gasteiger partial charge in [0.25, 0.3) is 0 Å². The second-order valence-corrected chi connectivity index (χ2v) is 7.33. The van der Waals surface area contributed by atoms with Gasteiger partial charge in [-0.25, -0.2) is 8.42 Å². The zero-order chi connectivity index (χ0) is 17.3. The van der Waals surface area contributed by atoms with E-state index in [0.717, 1.165) is 12.1 Å². The number of benzene rings is 1. The van der Waals surface area contributed by atoms with E-state index in [1.54, 1.807) is 7.05 Å². The molecule has 1 heterocycles. The monoisotopic (exact) mass is 347 g/mol. The maximum absolute atomic E-state index is 12.8. The summed E-state index contributed by atoms with van der Waals surface area (Å²) >= 11 is 0. The van der Waals surface area contributed by atoms with Crippen LogP contribution in [0.5, 0.6) is 0 Å². The molecular weight excluding hydrogens is 331 g/mol. The number of hydrogen-bond acceptors (Lipinski definition) is 4. The highest BCUT2D eigenvalue weighted by atomic mass is 32.2. The Labute approximate surface area is 132 Å². The highest BCUT2D eigenvalue weighted by Gasteiger charge is 2.36. The van der Waals surface area contributed by atoms with Crippen molar-refractivity contribution in [2.75, 3.05) is 26.7 Å². The molecule has 0 amide bonds. The molecule has 1 aromatic rings. The third-order valence-electron chi connectivity index (χ3n) is 3.80. The number of sulfonamides is 1. The molecule has 23 heavy (non-hydrogen) atoms. The molecule has 9 heteroatoms. The van der Waals surface area contributed by atoms with E-state index in [1.165, 1.54) is 10.4 Å². The number of hydrogen-bond donors (Lipinski definition) is 1. The molecule has 1 aliphatic heterocycles. The maximum Gasteiger partial charge on any atom is 0.417 e. The second-order valence-electron chi connectivity index (χ2n) is 5.39. The van der Waals surface area contributed by atoms with Crippen molar-refractivity contribution in [3.63, 3.8) is 0 Å². The smallest absolute Gasteiger partial charge is 0.319 e. The van der Waals surface area contributed by atoms with Gasteiger partial charge in [-0.1, -0.05) is 0 Å².